The zero-order chi connectivity index (χ0) is 16.1. The number of methoxy groups -OCH3 is 1. The van der Waals surface area contributed by atoms with Gasteiger partial charge in [0.05, 0.1) is 20.3 Å². The summed E-state index contributed by atoms with van der Waals surface area (Å²) in [4.78, 5) is 26.2. The Morgan fingerprint density at radius 1 is 1.32 bits per heavy atom. The van der Waals surface area contributed by atoms with Crippen molar-refractivity contribution < 1.29 is 19.1 Å². The van der Waals surface area contributed by atoms with Crippen LogP contribution in [0.1, 0.15) is 22.8 Å². The minimum atomic E-state index is -0.571. The number of ether oxygens (including phenoxy) is 2. The molecule has 1 aromatic carbocycles. The van der Waals surface area contributed by atoms with Crippen molar-refractivity contribution in [1.29, 1.82) is 0 Å². The number of nitrogens with one attached hydrogen (secondary N) is 1. The first-order valence-corrected chi connectivity index (χ1v) is 7.35. The van der Waals surface area contributed by atoms with E-state index in [1.54, 1.807) is 31.1 Å². The molecule has 6 nitrogen and oxygen atoms in total. The van der Waals surface area contributed by atoms with Gasteiger partial charge >= 0.3 is 0 Å². The molecule has 0 radical (unpaired) electrons. The van der Waals surface area contributed by atoms with E-state index in [2.05, 4.69) is 5.32 Å². The zero-order valence-corrected chi connectivity index (χ0v) is 13.2. The molecule has 1 aromatic rings. The number of carbonyl (C=O) groups excluding carboxylic acids is 2. The van der Waals surface area contributed by atoms with Crippen molar-refractivity contribution in [2.45, 2.75) is 19.9 Å². The van der Waals surface area contributed by atoms with E-state index in [-0.39, 0.29) is 11.8 Å². The predicted octanol–water partition coefficient (Wildman–Crippen LogP) is 0.981. The Morgan fingerprint density at radius 2 is 2.00 bits per heavy atom. The maximum atomic E-state index is 12.3. The van der Waals surface area contributed by atoms with Gasteiger partial charge in [-0.3, -0.25) is 9.59 Å². The number of benzene rings is 1. The zero-order valence-electron chi connectivity index (χ0n) is 13.2. The minimum absolute atomic E-state index is 0.0873. The normalized spacial score (nSPS) is 16.0. The lowest BCUT2D eigenvalue weighted by Crippen LogP contribution is -2.50. The molecule has 1 fully saturated rings. The van der Waals surface area contributed by atoms with Gasteiger partial charge in [0.2, 0.25) is 5.91 Å². The van der Waals surface area contributed by atoms with E-state index in [9.17, 15) is 9.59 Å². The van der Waals surface area contributed by atoms with Crippen LogP contribution in [0.4, 0.5) is 0 Å². The summed E-state index contributed by atoms with van der Waals surface area (Å²) in [5.74, 6) is 0.281. The van der Waals surface area contributed by atoms with Crippen molar-refractivity contribution in [2.24, 2.45) is 0 Å². The van der Waals surface area contributed by atoms with Crippen molar-refractivity contribution >= 4 is 11.8 Å². The highest BCUT2D eigenvalue weighted by atomic mass is 16.5. The number of carbonyl (C=O) groups is 2. The van der Waals surface area contributed by atoms with Gasteiger partial charge in [-0.05, 0) is 31.5 Å². The molecule has 0 saturated carbocycles. The highest BCUT2D eigenvalue weighted by Crippen LogP contribution is 2.19. The Bertz CT molecular complexity index is 553. The van der Waals surface area contributed by atoms with Crippen LogP contribution in [0.2, 0.25) is 0 Å². The Morgan fingerprint density at radius 3 is 2.64 bits per heavy atom. The molecule has 22 heavy (non-hydrogen) atoms. The summed E-state index contributed by atoms with van der Waals surface area (Å²) in [6, 6.07) is 4.65. The van der Waals surface area contributed by atoms with Crippen LogP contribution in [0.3, 0.4) is 0 Å². The van der Waals surface area contributed by atoms with Gasteiger partial charge in [-0.2, -0.15) is 0 Å². The van der Waals surface area contributed by atoms with Crippen LogP contribution in [0, 0.1) is 6.92 Å². The third kappa shape index (κ3) is 3.76. The second-order valence-electron chi connectivity index (χ2n) is 5.32. The fourth-order valence-electron chi connectivity index (χ4n) is 2.36. The number of rotatable bonds is 4. The van der Waals surface area contributed by atoms with Gasteiger partial charge in [0.1, 0.15) is 11.8 Å². The van der Waals surface area contributed by atoms with Crippen LogP contribution < -0.4 is 10.1 Å². The number of nitrogens with zero attached hydrogens (tertiary/aromatic N) is 1. The van der Waals surface area contributed by atoms with Crippen LogP contribution in [0.5, 0.6) is 5.75 Å². The van der Waals surface area contributed by atoms with E-state index in [0.717, 1.165) is 5.56 Å². The molecule has 1 heterocycles. The van der Waals surface area contributed by atoms with Crippen molar-refractivity contribution in [3.8, 4) is 5.75 Å². The molecule has 1 atom stereocenters. The molecule has 0 bridgehead atoms. The van der Waals surface area contributed by atoms with Crippen molar-refractivity contribution in [1.82, 2.24) is 10.2 Å². The highest BCUT2D eigenvalue weighted by molar-refractivity contribution is 5.97. The molecule has 0 spiro atoms. The predicted molar refractivity (Wildman–Crippen MR) is 82.1 cm³/mol. The molecule has 0 aromatic heterocycles. The number of morpholine rings is 1. The molecule has 1 N–H and O–H groups in total. The second kappa shape index (κ2) is 7.26. The van der Waals surface area contributed by atoms with E-state index in [0.29, 0.717) is 37.6 Å². The molecular formula is C16H22N2O4. The fourth-order valence-corrected chi connectivity index (χ4v) is 2.36. The lowest BCUT2D eigenvalue weighted by Gasteiger charge is -2.29. The minimum Gasteiger partial charge on any atom is -0.496 e. The Balaban J connectivity index is 1.99. The monoisotopic (exact) mass is 306 g/mol. The van der Waals surface area contributed by atoms with Gasteiger partial charge in [-0.15, -0.1) is 0 Å². The van der Waals surface area contributed by atoms with Gasteiger partial charge in [-0.1, -0.05) is 6.07 Å². The van der Waals surface area contributed by atoms with Gasteiger partial charge < -0.3 is 19.7 Å². The molecule has 0 unspecified atom stereocenters. The summed E-state index contributed by atoms with van der Waals surface area (Å²) in [5.41, 5.74) is 1.43. The quantitative estimate of drug-likeness (QED) is 0.900. The van der Waals surface area contributed by atoms with Gasteiger partial charge in [0, 0.05) is 18.7 Å². The van der Waals surface area contributed by atoms with E-state index < -0.39 is 6.04 Å². The van der Waals surface area contributed by atoms with Gasteiger partial charge in [-0.25, -0.2) is 0 Å². The number of aryl methyl sites for hydroxylation is 1. The summed E-state index contributed by atoms with van der Waals surface area (Å²) in [6.45, 7) is 5.82. The maximum absolute atomic E-state index is 12.3. The van der Waals surface area contributed by atoms with Crippen molar-refractivity contribution in [3.05, 3.63) is 29.3 Å². The van der Waals surface area contributed by atoms with Crippen LogP contribution in [-0.4, -0.2) is 56.2 Å². The molecule has 1 aliphatic rings. The highest BCUT2D eigenvalue weighted by Gasteiger charge is 2.24. The largest absolute Gasteiger partial charge is 0.496 e. The fraction of sp³-hybridized carbons (Fsp3) is 0.500. The van der Waals surface area contributed by atoms with Crippen molar-refractivity contribution in [3.63, 3.8) is 0 Å². The lowest BCUT2D eigenvalue weighted by molar-refractivity contribution is -0.136. The average Bonchev–Trinajstić information content (AvgIpc) is 2.55. The second-order valence-corrected chi connectivity index (χ2v) is 5.32. The van der Waals surface area contributed by atoms with Gasteiger partial charge in [0.25, 0.3) is 5.91 Å². The SMILES string of the molecule is COc1cc(C(=O)N[C@@H](C)C(=O)N2CCOCC2)ccc1C. The molecule has 2 rings (SSSR count). The molecular weight excluding hydrogens is 284 g/mol. The lowest BCUT2D eigenvalue weighted by atomic mass is 10.1. The van der Waals surface area contributed by atoms with Crippen LogP contribution in [0.25, 0.3) is 0 Å². The number of hydrogen-bond acceptors (Lipinski definition) is 4. The average molecular weight is 306 g/mol. The Hall–Kier alpha value is -2.08. The molecule has 2 amide bonds. The first kappa shape index (κ1) is 16.3. The maximum Gasteiger partial charge on any atom is 0.252 e. The summed E-state index contributed by atoms with van der Waals surface area (Å²) < 4.78 is 10.4. The van der Waals surface area contributed by atoms with Crippen LogP contribution >= 0.6 is 0 Å². The smallest absolute Gasteiger partial charge is 0.252 e. The van der Waals surface area contributed by atoms with Crippen LogP contribution in [0.15, 0.2) is 18.2 Å². The Labute approximate surface area is 130 Å². The van der Waals surface area contributed by atoms with Gasteiger partial charge in [0.15, 0.2) is 0 Å². The number of hydrogen-bond donors (Lipinski definition) is 1. The van der Waals surface area contributed by atoms with E-state index >= 15 is 0 Å². The van der Waals surface area contributed by atoms with Crippen molar-refractivity contribution in [2.75, 3.05) is 33.4 Å². The Kier molecular flexibility index (Phi) is 5.38. The summed E-state index contributed by atoms with van der Waals surface area (Å²) in [5, 5.41) is 2.74. The van der Waals surface area contributed by atoms with E-state index in [1.165, 1.54) is 0 Å². The molecule has 6 heteroatoms. The first-order valence-electron chi connectivity index (χ1n) is 7.35. The summed E-state index contributed by atoms with van der Waals surface area (Å²) in [7, 11) is 1.56. The molecule has 120 valence electrons. The molecule has 1 aliphatic heterocycles. The number of amides is 2. The third-order valence-corrected chi connectivity index (χ3v) is 3.71. The summed E-state index contributed by atoms with van der Waals surface area (Å²) in [6.07, 6.45) is 0. The standard InChI is InChI=1S/C16H22N2O4/c1-11-4-5-13(10-14(11)21-3)15(19)17-12(2)16(20)18-6-8-22-9-7-18/h4-5,10,12H,6-9H2,1-3H3,(H,17,19)/t12-/m0/s1. The molecule has 1 saturated heterocycles. The topological polar surface area (TPSA) is 67.9 Å². The van der Waals surface area contributed by atoms with Crippen LogP contribution in [-0.2, 0) is 9.53 Å². The third-order valence-electron chi connectivity index (χ3n) is 3.71. The molecule has 0 aliphatic carbocycles. The van der Waals surface area contributed by atoms with E-state index in [1.807, 2.05) is 13.0 Å². The summed E-state index contributed by atoms with van der Waals surface area (Å²) >= 11 is 0. The first-order chi connectivity index (χ1) is 10.5. The van der Waals surface area contributed by atoms with E-state index in [4.69, 9.17) is 9.47 Å².